The summed E-state index contributed by atoms with van der Waals surface area (Å²) in [5.74, 6) is 0.0324. The lowest BCUT2D eigenvalue weighted by atomic mass is 9.75. The monoisotopic (exact) mass is 573 g/mol. The van der Waals surface area contributed by atoms with Gasteiger partial charge in [0.05, 0.1) is 28.8 Å². The quantitative estimate of drug-likeness (QED) is 0.253. The molecule has 2 atom stereocenters. The van der Waals surface area contributed by atoms with Gasteiger partial charge in [-0.15, -0.1) is 10.2 Å². The Morgan fingerprint density at radius 2 is 1.62 bits per heavy atom. The number of nitrogens with one attached hydrogen (secondary N) is 1. The van der Waals surface area contributed by atoms with Gasteiger partial charge in [0.2, 0.25) is 11.8 Å². The maximum absolute atomic E-state index is 13.7. The Balaban J connectivity index is 2.07. The van der Waals surface area contributed by atoms with Crippen LogP contribution in [-0.4, -0.2) is 36.0 Å². The minimum absolute atomic E-state index is 0.139. The Hall–Kier alpha value is -3.50. The lowest BCUT2D eigenvalue weighted by molar-refractivity contribution is -0.137. The van der Waals surface area contributed by atoms with Crippen molar-refractivity contribution in [2.45, 2.75) is 52.4 Å². The Labute approximate surface area is 230 Å². The summed E-state index contributed by atoms with van der Waals surface area (Å²) in [5, 5.41) is 29.8. The molecule has 0 unspecified atom stereocenters. The zero-order valence-corrected chi connectivity index (χ0v) is 25.2. The molecule has 0 aliphatic rings. The number of benzene rings is 2. The molecule has 1 aromatic heterocycles. The van der Waals surface area contributed by atoms with Gasteiger partial charge in [0.15, 0.2) is 19.5 Å². The second-order valence-electron chi connectivity index (χ2n) is 9.48. The molecule has 0 aliphatic carbocycles. The second-order valence-corrected chi connectivity index (χ2v) is 11.3. The molecule has 206 valence electrons. The summed E-state index contributed by atoms with van der Waals surface area (Å²) in [6, 6.07) is 13.0. The van der Waals surface area contributed by atoms with Gasteiger partial charge in [-0.1, -0.05) is 33.9 Å². The number of hydrogen-bond donors (Lipinski definition) is 1. The Kier molecular flexibility index (Phi) is 9.69. The van der Waals surface area contributed by atoms with Crippen LogP contribution in [-0.2, 0) is 15.0 Å². The standard InChI is InChI=1S/C26H30F3N5O3Si2/c1-15(25(2,3)24(36-38-4)37-39-5)21(32-19-11-10-18(14-31)20(12-19)26(27,28)29)23-34-33-22(35-23)17-8-6-16(13-30)7-9-17/h6-12,15,21,24,32H,38-39H2,1-5H3/t15-,21+/m0/s1. The van der Waals surface area contributed by atoms with Crippen LogP contribution in [0.2, 0.25) is 13.1 Å². The fourth-order valence-corrected chi connectivity index (χ4v) is 5.98. The Morgan fingerprint density at radius 3 is 2.15 bits per heavy atom. The number of nitriles is 2. The van der Waals surface area contributed by atoms with Gasteiger partial charge >= 0.3 is 6.18 Å². The summed E-state index contributed by atoms with van der Waals surface area (Å²) in [6.07, 6.45) is -5.21. The van der Waals surface area contributed by atoms with Crippen LogP contribution in [0.1, 0.15) is 49.4 Å². The number of rotatable bonds is 11. The lowest BCUT2D eigenvalue weighted by Gasteiger charge is -2.42. The molecule has 1 N–H and O–H groups in total. The van der Waals surface area contributed by atoms with Crippen LogP contribution < -0.4 is 5.32 Å². The minimum atomic E-state index is -4.71. The fourth-order valence-electron chi connectivity index (χ4n) is 4.14. The van der Waals surface area contributed by atoms with Crippen molar-refractivity contribution in [2.75, 3.05) is 5.32 Å². The van der Waals surface area contributed by atoms with E-state index < -0.39 is 54.6 Å². The molecule has 8 nitrogen and oxygen atoms in total. The highest BCUT2D eigenvalue weighted by molar-refractivity contribution is 6.26. The lowest BCUT2D eigenvalue weighted by Crippen LogP contribution is -2.44. The molecule has 0 saturated heterocycles. The predicted molar refractivity (Wildman–Crippen MR) is 145 cm³/mol. The van der Waals surface area contributed by atoms with Gasteiger partial charge in [-0.2, -0.15) is 23.7 Å². The minimum Gasteiger partial charge on any atom is -0.418 e. The van der Waals surface area contributed by atoms with E-state index in [0.717, 1.165) is 12.1 Å². The van der Waals surface area contributed by atoms with Crippen LogP contribution in [0.25, 0.3) is 11.5 Å². The first-order chi connectivity index (χ1) is 18.5. The third-order valence-corrected chi connectivity index (χ3v) is 7.92. The van der Waals surface area contributed by atoms with E-state index in [1.807, 2.05) is 39.9 Å². The van der Waals surface area contributed by atoms with Crippen LogP contribution >= 0.6 is 0 Å². The van der Waals surface area contributed by atoms with Crippen LogP contribution in [0, 0.1) is 34.0 Å². The molecule has 13 heteroatoms. The van der Waals surface area contributed by atoms with Crippen molar-refractivity contribution >= 4 is 25.2 Å². The van der Waals surface area contributed by atoms with Gasteiger partial charge in [-0.05, 0) is 48.4 Å². The number of hydrogen-bond acceptors (Lipinski definition) is 8. The average Bonchev–Trinajstić information content (AvgIpc) is 3.40. The second kappa shape index (κ2) is 12.6. The molecule has 0 radical (unpaired) electrons. The van der Waals surface area contributed by atoms with Crippen molar-refractivity contribution in [1.29, 1.82) is 10.5 Å². The molecular weight excluding hydrogens is 543 g/mol. The van der Waals surface area contributed by atoms with Crippen molar-refractivity contribution in [3.63, 3.8) is 0 Å². The molecule has 0 saturated carbocycles. The molecule has 3 aromatic rings. The topological polar surface area (TPSA) is 117 Å². The SMILES string of the molecule is C[SiH2]OC(O[SiH2]C)C(C)(C)[C@@H](C)[C@@H](Nc1ccc(C#N)c(C(F)(F)F)c1)c1nnc(-c2ccc(C#N)cc2)o1. The summed E-state index contributed by atoms with van der Waals surface area (Å²) in [6.45, 7) is 9.88. The molecule has 0 bridgehead atoms. The molecule has 0 aliphatic heterocycles. The van der Waals surface area contributed by atoms with E-state index in [1.54, 1.807) is 30.3 Å². The molecule has 0 spiro atoms. The fraction of sp³-hybridized carbons (Fsp3) is 0.385. The van der Waals surface area contributed by atoms with Crippen molar-refractivity contribution in [1.82, 2.24) is 10.2 Å². The third-order valence-electron chi connectivity index (χ3n) is 6.65. The number of alkyl halides is 3. The zero-order chi connectivity index (χ0) is 28.8. The molecular formula is C26H30F3N5O3Si2. The summed E-state index contributed by atoms with van der Waals surface area (Å²) >= 11 is 0. The predicted octanol–water partition coefficient (Wildman–Crippen LogP) is 4.94. The summed E-state index contributed by atoms with van der Waals surface area (Å²) in [4.78, 5) is 0. The van der Waals surface area contributed by atoms with E-state index in [0.29, 0.717) is 11.1 Å². The number of aromatic nitrogens is 2. The van der Waals surface area contributed by atoms with Crippen LogP contribution in [0.5, 0.6) is 0 Å². The molecule has 1 heterocycles. The van der Waals surface area contributed by atoms with Crippen molar-refractivity contribution in [2.24, 2.45) is 11.3 Å². The average molecular weight is 574 g/mol. The van der Waals surface area contributed by atoms with Gasteiger partial charge in [0.25, 0.3) is 0 Å². The van der Waals surface area contributed by atoms with E-state index in [2.05, 4.69) is 15.5 Å². The van der Waals surface area contributed by atoms with E-state index in [4.69, 9.17) is 18.5 Å². The highest BCUT2D eigenvalue weighted by Crippen LogP contribution is 2.43. The first-order valence-corrected chi connectivity index (χ1v) is 16.4. The Morgan fingerprint density at radius 1 is 0.974 bits per heavy atom. The van der Waals surface area contributed by atoms with Gasteiger partial charge in [-0.25, -0.2) is 0 Å². The van der Waals surface area contributed by atoms with E-state index in [1.165, 1.54) is 6.07 Å². The molecule has 3 rings (SSSR count). The van der Waals surface area contributed by atoms with Gasteiger partial charge in [0.1, 0.15) is 12.3 Å². The smallest absolute Gasteiger partial charge is 0.417 e. The highest BCUT2D eigenvalue weighted by Gasteiger charge is 2.43. The number of anilines is 1. The van der Waals surface area contributed by atoms with Gasteiger partial charge < -0.3 is 18.6 Å². The maximum atomic E-state index is 13.7. The van der Waals surface area contributed by atoms with Gasteiger partial charge in [0, 0.05) is 16.7 Å². The highest BCUT2D eigenvalue weighted by atomic mass is 28.2. The zero-order valence-electron chi connectivity index (χ0n) is 22.3. The first kappa shape index (κ1) is 30.1. The van der Waals surface area contributed by atoms with E-state index >= 15 is 0 Å². The molecule has 0 fully saturated rings. The van der Waals surface area contributed by atoms with E-state index in [9.17, 15) is 18.4 Å². The van der Waals surface area contributed by atoms with Crippen molar-refractivity contribution in [3.05, 3.63) is 65.0 Å². The summed E-state index contributed by atoms with van der Waals surface area (Å²) in [5.41, 5.74) is -0.911. The molecule has 0 amide bonds. The van der Waals surface area contributed by atoms with Crippen LogP contribution in [0.15, 0.2) is 46.9 Å². The van der Waals surface area contributed by atoms with Crippen LogP contribution in [0.4, 0.5) is 18.9 Å². The largest absolute Gasteiger partial charge is 0.418 e. The normalized spacial score (nSPS) is 14.8. The van der Waals surface area contributed by atoms with Crippen LogP contribution in [0.3, 0.4) is 0 Å². The Bertz CT molecular complexity index is 1340. The number of nitrogens with zero attached hydrogens (tertiary/aromatic N) is 4. The van der Waals surface area contributed by atoms with Crippen molar-refractivity contribution < 1.29 is 26.4 Å². The third kappa shape index (κ3) is 6.93. The summed E-state index contributed by atoms with van der Waals surface area (Å²) in [7, 11) is -1.66. The molecule has 2 aromatic carbocycles. The first-order valence-electron chi connectivity index (χ1n) is 12.4. The molecule has 39 heavy (non-hydrogen) atoms. The van der Waals surface area contributed by atoms with E-state index in [-0.39, 0.29) is 23.4 Å². The number of halogens is 3. The maximum Gasteiger partial charge on any atom is 0.417 e. The summed E-state index contributed by atoms with van der Waals surface area (Å²) < 4.78 is 59.1. The van der Waals surface area contributed by atoms with Crippen molar-refractivity contribution in [3.8, 4) is 23.6 Å². The van der Waals surface area contributed by atoms with Gasteiger partial charge in [-0.3, -0.25) is 0 Å².